The molecule has 1 aliphatic heterocycles. The molecule has 6 heteroatoms. The lowest BCUT2D eigenvalue weighted by molar-refractivity contribution is 0.256. The molecular weight excluding hydrogens is 334 g/mol. The SMILES string of the molecule is C[C@H](c1ccccc1)N1CC[C@H](NCCS(=O)(=O)NCC2CCC2)C1. The van der Waals surface area contributed by atoms with Gasteiger partial charge in [0.2, 0.25) is 10.0 Å². The Bertz CT molecular complexity index is 631. The summed E-state index contributed by atoms with van der Waals surface area (Å²) >= 11 is 0. The number of rotatable bonds is 9. The molecule has 1 aromatic carbocycles. The first-order chi connectivity index (χ1) is 12.0. The lowest BCUT2D eigenvalue weighted by atomic mass is 9.86. The van der Waals surface area contributed by atoms with E-state index in [4.69, 9.17) is 0 Å². The molecule has 2 N–H and O–H groups in total. The maximum atomic E-state index is 12.0. The molecule has 2 fully saturated rings. The average molecular weight is 366 g/mol. The molecule has 0 bridgehead atoms. The summed E-state index contributed by atoms with van der Waals surface area (Å²) in [7, 11) is -3.14. The van der Waals surface area contributed by atoms with Crippen molar-refractivity contribution in [2.75, 3.05) is 31.9 Å². The van der Waals surface area contributed by atoms with Crippen molar-refractivity contribution >= 4 is 10.0 Å². The van der Waals surface area contributed by atoms with E-state index in [-0.39, 0.29) is 5.75 Å². The molecule has 0 amide bonds. The van der Waals surface area contributed by atoms with Gasteiger partial charge in [0, 0.05) is 38.3 Å². The molecule has 1 aliphatic carbocycles. The highest BCUT2D eigenvalue weighted by Crippen LogP contribution is 2.25. The number of nitrogens with one attached hydrogen (secondary N) is 2. The monoisotopic (exact) mass is 365 g/mol. The van der Waals surface area contributed by atoms with E-state index in [0.29, 0.717) is 31.1 Å². The third-order valence-electron chi connectivity index (χ3n) is 5.67. The Hall–Kier alpha value is -0.950. The van der Waals surface area contributed by atoms with E-state index in [9.17, 15) is 8.42 Å². The maximum Gasteiger partial charge on any atom is 0.212 e. The van der Waals surface area contributed by atoms with Crippen LogP contribution in [0.15, 0.2) is 30.3 Å². The lowest BCUT2D eigenvalue weighted by Gasteiger charge is -2.25. The van der Waals surface area contributed by atoms with E-state index in [1.54, 1.807) is 0 Å². The maximum absolute atomic E-state index is 12.0. The molecule has 0 radical (unpaired) electrons. The van der Waals surface area contributed by atoms with Crippen LogP contribution in [0.25, 0.3) is 0 Å². The highest BCUT2D eigenvalue weighted by atomic mass is 32.2. The zero-order valence-electron chi connectivity index (χ0n) is 15.2. The van der Waals surface area contributed by atoms with Gasteiger partial charge in [-0.05, 0) is 37.7 Å². The summed E-state index contributed by atoms with van der Waals surface area (Å²) in [4.78, 5) is 2.47. The molecule has 5 nitrogen and oxygen atoms in total. The van der Waals surface area contributed by atoms with Crippen molar-refractivity contribution in [1.82, 2.24) is 14.9 Å². The second-order valence-corrected chi connectivity index (χ2v) is 9.41. The predicted molar refractivity (Wildman–Crippen MR) is 102 cm³/mol. The minimum absolute atomic E-state index is 0.171. The van der Waals surface area contributed by atoms with Crippen LogP contribution in [0.1, 0.15) is 44.2 Å². The summed E-state index contributed by atoms with van der Waals surface area (Å²) in [5, 5.41) is 3.43. The van der Waals surface area contributed by atoms with Gasteiger partial charge in [-0.25, -0.2) is 13.1 Å². The van der Waals surface area contributed by atoms with Gasteiger partial charge in [0.1, 0.15) is 0 Å². The number of benzene rings is 1. The van der Waals surface area contributed by atoms with Crippen molar-refractivity contribution in [3.05, 3.63) is 35.9 Å². The molecule has 140 valence electrons. The summed E-state index contributed by atoms with van der Waals surface area (Å²) in [6.07, 6.45) is 4.65. The quantitative estimate of drug-likeness (QED) is 0.704. The molecule has 1 heterocycles. The van der Waals surface area contributed by atoms with Gasteiger partial charge in [0.05, 0.1) is 5.75 Å². The summed E-state index contributed by atoms with van der Waals surface area (Å²) < 4.78 is 26.8. The number of sulfonamides is 1. The largest absolute Gasteiger partial charge is 0.312 e. The Morgan fingerprint density at radius 1 is 1.20 bits per heavy atom. The highest BCUT2D eigenvalue weighted by molar-refractivity contribution is 7.89. The second-order valence-electron chi connectivity index (χ2n) is 7.49. The Balaban J connectivity index is 1.36. The molecule has 1 saturated heterocycles. The molecule has 2 atom stereocenters. The second kappa shape index (κ2) is 8.62. The van der Waals surface area contributed by atoms with Crippen molar-refractivity contribution in [1.29, 1.82) is 0 Å². The Morgan fingerprint density at radius 2 is 1.96 bits per heavy atom. The molecule has 2 aliphatic rings. The molecular formula is C19H31N3O2S. The Kier molecular flexibility index (Phi) is 6.49. The van der Waals surface area contributed by atoms with Crippen molar-refractivity contribution in [2.45, 2.75) is 44.7 Å². The Labute approximate surface area is 152 Å². The van der Waals surface area contributed by atoms with Gasteiger partial charge in [-0.2, -0.15) is 0 Å². The van der Waals surface area contributed by atoms with E-state index in [1.807, 2.05) is 6.07 Å². The van der Waals surface area contributed by atoms with E-state index in [2.05, 4.69) is 46.1 Å². The summed E-state index contributed by atoms with van der Waals surface area (Å²) in [5.74, 6) is 0.732. The first-order valence-electron chi connectivity index (χ1n) is 9.53. The van der Waals surface area contributed by atoms with Crippen molar-refractivity contribution in [3.63, 3.8) is 0 Å². The van der Waals surface area contributed by atoms with Gasteiger partial charge in [-0.15, -0.1) is 0 Å². The first-order valence-corrected chi connectivity index (χ1v) is 11.2. The number of hydrogen-bond donors (Lipinski definition) is 2. The van der Waals surface area contributed by atoms with E-state index in [0.717, 1.165) is 32.4 Å². The molecule has 0 aromatic heterocycles. The van der Waals surface area contributed by atoms with Crippen LogP contribution in [0.4, 0.5) is 0 Å². The van der Waals surface area contributed by atoms with Crippen molar-refractivity contribution in [2.24, 2.45) is 5.92 Å². The first kappa shape index (κ1) is 18.8. The molecule has 0 spiro atoms. The highest BCUT2D eigenvalue weighted by Gasteiger charge is 2.27. The zero-order chi connectivity index (χ0) is 17.7. The number of hydrogen-bond acceptors (Lipinski definition) is 4. The number of likely N-dealkylation sites (tertiary alicyclic amines) is 1. The van der Waals surface area contributed by atoms with Crippen LogP contribution in [-0.4, -0.2) is 51.3 Å². The van der Waals surface area contributed by atoms with Crippen LogP contribution in [0.2, 0.25) is 0 Å². The van der Waals surface area contributed by atoms with Crippen LogP contribution < -0.4 is 10.0 Å². The predicted octanol–water partition coefficient (Wildman–Crippen LogP) is 2.13. The Morgan fingerprint density at radius 3 is 2.64 bits per heavy atom. The smallest absolute Gasteiger partial charge is 0.212 e. The fraction of sp³-hybridized carbons (Fsp3) is 0.684. The minimum atomic E-state index is -3.14. The number of nitrogens with zero attached hydrogens (tertiary/aromatic N) is 1. The molecule has 1 aromatic rings. The van der Waals surface area contributed by atoms with E-state index in [1.165, 1.54) is 12.0 Å². The van der Waals surface area contributed by atoms with Gasteiger partial charge in [-0.3, -0.25) is 4.90 Å². The molecule has 3 rings (SSSR count). The molecule has 1 saturated carbocycles. The third-order valence-corrected chi connectivity index (χ3v) is 7.02. The third kappa shape index (κ3) is 5.51. The fourth-order valence-electron chi connectivity index (χ4n) is 3.66. The van der Waals surface area contributed by atoms with E-state index < -0.39 is 10.0 Å². The lowest BCUT2D eigenvalue weighted by Crippen LogP contribution is -2.40. The fourth-order valence-corrected chi connectivity index (χ4v) is 4.68. The summed E-state index contributed by atoms with van der Waals surface area (Å²) in [6.45, 7) is 5.42. The minimum Gasteiger partial charge on any atom is -0.312 e. The average Bonchev–Trinajstić information content (AvgIpc) is 3.02. The van der Waals surface area contributed by atoms with Gasteiger partial charge < -0.3 is 5.32 Å². The summed E-state index contributed by atoms with van der Waals surface area (Å²) in [6, 6.07) is 11.3. The van der Waals surface area contributed by atoms with Crippen molar-refractivity contribution < 1.29 is 8.42 Å². The van der Waals surface area contributed by atoms with E-state index >= 15 is 0 Å². The molecule has 25 heavy (non-hydrogen) atoms. The normalized spacial score (nSPS) is 23.5. The zero-order valence-corrected chi connectivity index (χ0v) is 16.0. The molecule has 0 unspecified atom stereocenters. The van der Waals surface area contributed by atoms with Gasteiger partial charge in [0.25, 0.3) is 0 Å². The van der Waals surface area contributed by atoms with Crippen molar-refractivity contribution in [3.8, 4) is 0 Å². The van der Waals surface area contributed by atoms with Crippen LogP contribution in [-0.2, 0) is 10.0 Å². The topological polar surface area (TPSA) is 61.4 Å². The summed E-state index contributed by atoms with van der Waals surface area (Å²) in [5.41, 5.74) is 1.34. The standard InChI is InChI=1S/C19H31N3O2S/c1-16(18-8-3-2-4-9-18)22-12-10-19(15-22)20-11-13-25(23,24)21-14-17-6-5-7-17/h2-4,8-9,16-17,19-21H,5-7,10-15H2,1H3/t16-,19+/m1/s1. The van der Waals surface area contributed by atoms with Gasteiger partial charge in [0.15, 0.2) is 0 Å². The van der Waals surface area contributed by atoms with Gasteiger partial charge in [-0.1, -0.05) is 36.8 Å². The van der Waals surface area contributed by atoms with Crippen LogP contribution >= 0.6 is 0 Å². The van der Waals surface area contributed by atoms with Crippen LogP contribution in [0.3, 0.4) is 0 Å². The van der Waals surface area contributed by atoms with Crippen LogP contribution in [0, 0.1) is 5.92 Å². The van der Waals surface area contributed by atoms with Gasteiger partial charge >= 0.3 is 0 Å². The van der Waals surface area contributed by atoms with Crippen LogP contribution in [0.5, 0.6) is 0 Å².